The van der Waals surface area contributed by atoms with E-state index in [1.54, 1.807) is 0 Å². The average molecular weight is 812 g/mol. The molecule has 0 N–H and O–H groups in total. The van der Waals surface area contributed by atoms with Crippen LogP contribution in [0, 0.1) is 0 Å². The summed E-state index contributed by atoms with van der Waals surface area (Å²) in [4.78, 5) is 15.6. The van der Waals surface area contributed by atoms with Crippen LogP contribution >= 0.6 is 11.7 Å². The molecule has 0 amide bonds. The molecule has 0 bridgehead atoms. The largest absolute Gasteiger partial charge is 0.247 e. The Morgan fingerprint density at radius 2 is 1.02 bits per heavy atom. The third-order valence-electron chi connectivity index (χ3n) is 12.6. The average Bonchev–Trinajstić information content (AvgIpc) is 3.92. The van der Waals surface area contributed by atoms with Crippen LogP contribution in [-0.4, -0.2) is 23.7 Å². The summed E-state index contributed by atoms with van der Waals surface area (Å²) in [5.74, 6) is 0.676. The van der Waals surface area contributed by atoms with E-state index in [9.17, 15) is 0 Å². The van der Waals surface area contributed by atoms with Crippen molar-refractivity contribution in [1.82, 2.24) is 23.7 Å². The Morgan fingerprint density at radius 1 is 0.387 bits per heavy atom. The summed E-state index contributed by atoms with van der Waals surface area (Å²) >= 11 is 1.25. The zero-order chi connectivity index (χ0) is 41.4. The molecule has 12 rings (SSSR count). The fourth-order valence-electron chi connectivity index (χ4n) is 9.42. The summed E-state index contributed by atoms with van der Waals surface area (Å²) in [6.45, 7) is 4.66. The Bertz CT molecular complexity index is 3540. The maximum atomic E-state index is 5.23. The number of pyridine rings is 1. The van der Waals surface area contributed by atoms with E-state index in [4.69, 9.17) is 23.7 Å². The lowest BCUT2D eigenvalue weighted by atomic mass is 9.81. The minimum absolute atomic E-state index is 0.0566. The quantitative estimate of drug-likeness (QED) is 0.157. The van der Waals surface area contributed by atoms with Gasteiger partial charge in [0.25, 0.3) is 0 Å². The van der Waals surface area contributed by atoms with Gasteiger partial charge in [-0.15, -0.1) is 0 Å². The van der Waals surface area contributed by atoms with Crippen LogP contribution in [0.15, 0.2) is 188 Å². The number of hydrogen-bond acceptors (Lipinski definition) is 6. The molecule has 292 valence electrons. The summed E-state index contributed by atoms with van der Waals surface area (Å²) in [6.07, 6.45) is 0. The molecule has 0 aliphatic heterocycles. The van der Waals surface area contributed by atoms with Crippen molar-refractivity contribution in [2.45, 2.75) is 19.3 Å². The van der Waals surface area contributed by atoms with E-state index in [1.807, 2.05) is 30.3 Å². The van der Waals surface area contributed by atoms with Crippen LogP contribution in [0.4, 0.5) is 0 Å². The van der Waals surface area contributed by atoms with Gasteiger partial charge >= 0.3 is 0 Å². The van der Waals surface area contributed by atoms with Gasteiger partial charge in [-0.05, 0) is 69.3 Å². The fraction of sp³-hybridized carbons (Fsp3) is 0.0536. The lowest BCUT2D eigenvalue weighted by molar-refractivity contribution is 0.660. The molecule has 3 aromatic heterocycles. The Labute approximate surface area is 363 Å². The van der Waals surface area contributed by atoms with Crippen LogP contribution < -0.4 is 0 Å². The Hall–Kier alpha value is -7.67. The first-order chi connectivity index (χ1) is 30.5. The highest BCUT2D eigenvalue weighted by atomic mass is 32.1. The van der Waals surface area contributed by atoms with E-state index < -0.39 is 0 Å². The van der Waals surface area contributed by atoms with Crippen molar-refractivity contribution in [3.63, 3.8) is 0 Å². The molecule has 0 saturated carbocycles. The van der Waals surface area contributed by atoms with Gasteiger partial charge in [0.1, 0.15) is 11.0 Å². The van der Waals surface area contributed by atoms with Gasteiger partial charge in [0, 0.05) is 49.4 Å². The number of aromatic nitrogens is 5. The van der Waals surface area contributed by atoms with Crippen LogP contribution in [0.5, 0.6) is 0 Å². The second-order valence-corrected chi connectivity index (χ2v) is 17.1. The number of benzene rings is 8. The third kappa shape index (κ3) is 5.86. The Morgan fingerprint density at radius 3 is 1.84 bits per heavy atom. The van der Waals surface area contributed by atoms with E-state index >= 15 is 0 Å². The smallest absolute Gasteiger partial charge is 0.160 e. The van der Waals surface area contributed by atoms with Crippen LogP contribution in [-0.2, 0) is 5.41 Å². The van der Waals surface area contributed by atoms with Crippen LogP contribution in [0.25, 0.3) is 111 Å². The first-order valence-electron chi connectivity index (χ1n) is 20.9. The van der Waals surface area contributed by atoms with Crippen molar-refractivity contribution in [3.8, 4) is 78.5 Å². The lowest BCUT2D eigenvalue weighted by Crippen LogP contribution is -2.14. The van der Waals surface area contributed by atoms with Crippen molar-refractivity contribution in [1.29, 1.82) is 0 Å². The van der Waals surface area contributed by atoms with Gasteiger partial charge in [-0.3, -0.25) is 0 Å². The van der Waals surface area contributed by atoms with Crippen molar-refractivity contribution >= 4 is 44.4 Å². The summed E-state index contributed by atoms with van der Waals surface area (Å²) in [5, 5.41) is 3.18. The molecular formula is C56H37N5S. The first kappa shape index (κ1) is 36.2. The highest BCUT2D eigenvalue weighted by Crippen LogP contribution is 2.49. The highest BCUT2D eigenvalue weighted by Gasteiger charge is 2.35. The fourth-order valence-corrected chi connectivity index (χ4v) is 9.99. The second kappa shape index (κ2) is 14.2. The molecule has 0 saturated heterocycles. The molecule has 5 nitrogen and oxygen atoms in total. The molecule has 8 aromatic carbocycles. The molecule has 1 aliphatic carbocycles. The number of rotatable bonds is 6. The van der Waals surface area contributed by atoms with E-state index in [2.05, 4.69) is 172 Å². The van der Waals surface area contributed by atoms with Gasteiger partial charge in [0.2, 0.25) is 0 Å². The SMILES string of the molecule is CC1(C)c2ccccc2-c2ccc(-c3ccc(-c4cc(-c5cccc(-c6cc7c(-c8ccccc8)nc8ccccc8c7c7nsnc67)c5)nc(-c5ccccc5)n4)cc3)cc21. The molecule has 0 radical (unpaired) electrons. The van der Waals surface area contributed by atoms with E-state index in [0.29, 0.717) is 5.82 Å². The molecule has 6 heteroatoms. The Balaban J connectivity index is 0.969. The number of para-hydroxylation sites is 1. The lowest BCUT2D eigenvalue weighted by Gasteiger charge is -2.22. The van der Waals surface area contributed by atoms with Gasteiger partial charge in [0.05, 0.1) is 34.3 Å². The molecule has 0 spiro atoms. The van der Waals surface area contributed by atoms with E-state index in [0.717, 1.165) is 83.2 Å². The van der Waals surface area contributed by atoms with Gasteiger partial charge < -0.3 is 0 Å². The van der Waals surface area contributed by atoms with Crippen LogP contribution in [0.2, 0.25) is 0 Å². The van der Waals surface area contributed by atoms with Crippen molar-refractivity contribution < 1.29 is 0 Å². The van der Waals surface area contributed by atoms with E-state index in [1.165, 1.54) is 45.1 Å². The molecular weight excluding hydrogens is 775 g/mol. The van der Waals surface area contributed by atoms with Crippen LogP contribution in [0.3, 0.4) is 0 Å². The molecule has 3 heterocycles. The normalized spacial score (nSPS) is 12.8. The number of nitrogens with zero attached hydrogens (tertiary/aromatic N) is 5. The van der Waals surface area contributed by atoms with Crippen LogP contribution in [0.1, 0.15) is 25.0 Å². The second-order valence-electron chi connectivity index (χ2n) is 16.6. The Kier molecular flexibility index (Phi) is 8.31. The molecule has 0 fully saturated rings. The summed E-state index contributed by atoms with van der Waals surface area (Å²) in [7, 11) is 0. The highest BCUT2D eigenvalue weighted by molar-refractivity contribution is 7.00. The summed E-state index contributed by atoms with van der Waals surface area (Å²) in [5.41, 5.74) is 19.1. The zero-order valence-electron chi connectivity index (χ0n) is 34.0. The molecule has 1 aliphatic rings. The molecule has 11 aromatic rings. The van der Waals surface area contributed by atoms with Gasteiger partial charge in [-0.1, -0.05) is 172 Å². The van der Waals surface area contributed by atoms with E-state index in [-0.39, 0.29) is 5.41 Å². The third-order valence-corrected chi connectivity index (χ3v) is 13.1. The molecule has 0 atom stereocenters. The van der Waals surface area contributed by atoms with Gasteiger partial charge in [-0.25, -0.2) is 15.0 Å². The summed E-state index contributed by atoms with van der Waals surface area (Å²) < 4.78 is 9.84. The number of hydrogen-bond donors (Lipinski definition) is 0. The standard InChI is InChI=1S/C56H37N5S/c1-56(2)46-22-11-9-20-41(46)42-29-28-38(31-47(42)56)34-24-26-35(27-25-34)49-33-50(59-55(58-49)37-16-7-4-8-17-37)40-19-13-18-39(30-40)44-32-45-51(54-53(44)60-62-61-54)43-21-10-12-23-48(43)57-52(45)36-14-5-3-6-15-36/h3-33H,1-2H3. The maximum absolute atomic E-state index is 5.23. The summed E-state index contributed by atoms with van der Waals surface area (Å²) in [6, 6.07) is 66.4. The minimum Gasteiger partial charge on any atom is -0.247 e. The topological polar surface area (TPSA) is 64.5 Å². The van der Waals surface area contributed by atoms with Gasteiger partial charge in [-0.2, -0.15) is 8.75 Å². The predicted molar refractivity (Wildman–Crippen MR) is 256 cm³/mol. The monoisotopic (exact) mass is 811 g/mol. The minimum atomic E-state index is -0.0566. The van der Waals surface area contributed by atoms with Gasteiger partial charge in [0.15, 0.2) is 5.82 Å². The van der Waals surface area contributed by atoms with Crippen molar-refractivity contribution in [3.05, 3.63) is 199 Å². The zero-order valence-corrected chi connectivity index (χ0v) is 34.9. The van der Waals surface area contributed by atoms with Crippen molar-refractivity contribution in [2.24, 2.45) is 0 Å². The molecule has 0 unspecified atom stereocenters. The molecule has 62 heavy (non-hydrogen) atoms. The predicted octanol–water partition coefficient (Wildman–Crippen LogP) is 14.5. The van der Waals surface area contributed by atoms with Crippen molar-refractivity contribution in [2.75, 3.05) is 0 Å². The maximum Gasteiger partial charge on any atom is 0.160 e. The number of fused-ring (bicyclic) bond motifs is 8. The first-order valence-corrected chi connectivity index (χ1v) is 21.6.